The van der Waals surface area contributed by atoms with Crippen LogP contribution in [0.15, 0.2) is 12.4 Å². The Balaban J connectivity index is 2.02. The van der Waals surface area contributed by atoms with Crippen LogP contribution >= 0.6 is 0 Å². The van der Waals surface area contributed by atoms with Gasteiger partial charge in [-0.05, 0) is 32.6 Å². The van der Waals surface area contributed by atoms with E-state index in [2.05, 4.69) is 5.10 Å². The normalized spacial score (nSPS) is 16.1. The Hall–Kier alpha value is -1.52. The molecule has 0 amide bonds. The summed E-state index contributed by atoms with van der Waals surface area (Å²) >= 11 is 0. The maximum Gasteiger partial charge on any atom is 0.331 e. The zero-order valence-electron chi connectivity index (χ0n) is 9.51. The van der Waals surface area contributed by atoms with Crippen LogP contribution in [-0.2, 0) is 10.3 Å². The lowest BCUT2D eigenvalue weighted by molar-refractivity contribution is -0.146. The van der Waals surface area contributed by atoms with Crippen LogP contribution in [0.25, 0.3) is 0 Å². The van der Waals surface area contributed by atoms with Crippen molar-refractivity contribution in [3.05, 3.63) is 12.4 Å². The maximum absolute atomic E-state index is 11.0. The van der Waals surface area contributed by atoms with Crippen LogP contribution in [-0.4, -0.2) is 27.5 Å². The average Bonchev–Trinajstić information content (AvgIpc) is 2.92. The first-order valence-corrected chi connectivity index (χ1v) is 5.41. The van der Waals surface area contributed by atoms with Crippen LogP contribution in [0.3, 0.4) is 0 Å². The molecule has 0 unspecified atom stereocenters. The average molecular weight is 224 g/mol. The fourth-order valence-corrected chi connectivity index (χ4v) is 1.28. The standard InChI is InChI=1S/C11H16N2O3/c1-11(2,10(14)15)13-6-9(5-12-13)16-7-8-3-4-8/h5-6,8H,3-4,7H2,1-2H3,(H,14,15). The van der Waals surface area contributed by atoms with Crippen molar-refractivity contribution in [2.75, 3.05) is 6.61 Å². The van der Waals surface area contributed by atoms with Gasteiger partial charge in [0.15, 0.2) is 11.3 Å². The van der Waals surface area contributed by atoms with Crippen molar-refractivity contribution in [1.29, 1.82) is 0 Å². The summed E-state index contributed by atoms with van der Waals surface area (Å²) in [4.78, 5) is 11.0. The van der Waals surface area contributed by atoms with E-state index in [1.54, 1.807) is 26.2 Å². The van der Waals surface area contributed by atoms with Gasteiger partial charge in [0.05, 0.1) is 19.0 Å². The molecule has 0 bridgehead atoms. The van der Waals surface area contributed by atoms with Crippen molar-refractivity contribution in [2.24, 2.45) is 5.92 Å². The fourth-order valence-electron chi connectivity index (χ4n) is 1.28. The molecule has 0 saturated heterocycles. The van der Waals surface area contributed by atoms with E-state index in [0.29, 0.717) is 18.3 Å². The molecule has 0 radical (unpaired) electrons. The van der Waals surface area contributed by atoms with Gasteiger partial charge in [0.1, 0.15) is 0 Å². The van der Waals surface area contributed by atoms with Gasteiger partial charge in [0.25, 0.3) is 0 Å². The SMILES string of the molecule is CC(C)(C(=O)O)n1cc(OCC2CC2)cn1. The largest absolute Gasteiger partial charge is 0.490 e. The molecule has 2 rings (SSSR count). The Morgan fingerprint density at radius 3 is 2.94 bits per heavy atom. The van der Waals surface area contributed by atoms with Crippen molar-refractivity contribution in [3.8, 4) is 5.75 Å². The highest BCUT2D eigenvalue weighted by Gasteiger charge is 2.30. The lowest BCUT2D eigenvalue weighted by Gasteiger charge is -2.19. The number of carboxylic acids is 1. The number of nitrogens with zero attached hydrogens (tertiary/aromatic N) is 2. The Morgan fingerprint density at radius 2 is 2.38 bits per heavy atom. The summed E-state index contributed by atoms with van der Waals surface area (Å²) < 4.78 is 6.92. The van der Waals surface area contributed by atoms with Gasteiger partial charge in [0.2, 0.25) is 0 Å². The molecule has 16 heavy (non-hydrogen) atoms. The van der Waals surface area contributed by atoms with E-state index in [9.17, 15) is 4.79 Å². The number of carbonyl (C=O) groups is 1. The van der Waals surface area contributed by atoms with E-state index in [0.717, 1.165) is 0 Å². The first kappa shape index (κ1) is 11.0. The smallest absolute Gasteiger partial charge is 0.331 e. The third-order valence-electron chi connectivity index (χ3n) is 2.84. The number of ether oxygens (including phenoxy) is 1. The molecule has 1 saturated carbocycles. The highest BCUT2D eigenvalue weighted by Crippen LogP contribution is 2.29. The monoisotopic (exact) mass is 224 g/mol. The van der Waals surface area contributed by atoms with Gasteiger partial charge in [-0.2, -0.15) is 5.10 Å². The molecule has 5 heteroatoms. The van der Waals surface area contributed by atoms with E-state index < -0.39 is 11.5 Å². The summed E-state index contributed by atoms with van der Waals surface area (Å²) in [7, 11) is 0. The summed E-state index contributed by atoms with van der Waals surface area (Å²) in [6.07, 6.45) is 5.66. The van der Waals surface area contributed by atoms with Gasteiger partial charge in [-0.15, -0.1) is 0 Å². The summed E-state index contributed by atoms with van der Waals surface area (Å²) in [5, 5.41) is 13.0. The van der Waals surface area contributed by atoms with Crippen LogP contribution < -0.4 is 4.74 Å². The number of carboxylic acid groups (broad SMARTS) is 1. The molecule has 1 aliphatic rings. The lowest BCUT2D eigenvalue weighted by Crippen LogP contribution is -2.35. The molecule has 0 atom stereocenters. The third kappa shape index (κ3) is 2.18. The van der Waals surface area contributed by atoms with E-state index in [4.69, 9.17) is 9.84 Å². The minimum atomic E-state index is -1.04. The molecule has 88 valence electrons. The second-order valence-corrected chi connectivity index (χ2v) is 4.74. The van der Waals surface area contributed by atoms with E-state index in [1.807, 2.05) is 0 Å². The predicted octanol–water partition coefficient (Wildman–Crippen LogP) is 1.49. The number of aromatic nitrogens is 2. The fraction of sp³-hybridized carbons (Fsp3) is 0.636. The number of hydrogen-bond donors (Lipinski definition) is 1. The molecule has 1 N–H and O–H groups in total. The summed E-state index contributed by atoms with van der Waals surface area (Å²) in [5.41, 5.74) is -1.04. The van der Waals surface area contributed by atoms with Gasteiger partial charge in [-0.3, -0.25) is 4.68 Å². The first-order chi connectivity index (χ1) is 7.50. The van der Waals surface area contributed by atoms with Crippen molar-refractivity contribution >= 4 is 5.97 Å². The quantitative estimate of drug-likeness (QED) is 0.823. The summed E-state index contributed by atoms with van der Waals surface area (Å²) in [6, 6.07) is 0. The van der Waals surface area contributed by atoms with E-state index in [-0.39, 0.29) is 0 Å². The van der Waals surface area contributed by atoms with Crippen LogP contribution in [0.2, 0.25) is 0 Å². The Kier molecular flexibility index (Phi) is 2.61. The van der Waals surface area contributed by atoms with Gasteiger partial charge in [0, 0.05) is 0 Å². The van der Waals surface area contributed by atoms with Crippen molar-refractivity contribution in [2.45, 2.75) is 32.2 Å². The van der Waals surface area contributed by atoms with Crippen molar-refractivity contribution in [3.63, 3.8) is 0 Å². The molecule has 1 aromatic heterocycles. The molecule has 1 heterocycles. The molecule has 1 aromatic rings. The van der Waals surface area contributed by atoms with Gasteiger partial charge in [-0.1, -0.05) is 0 Å². The van der Waals surface area contributed by atoms with Gasteiger partial charge >= 0.3 is 5.97 Å². The molecular formula is C11H16N2O3. The third-order valence-corrected chi connectivity index (χ3v) is 2.84. The van der Waals surface area contributed by atoms with Gasteiger partial charge in [-0.25, -0.2) is 4.79 Å². The molecule has 0 aliphatic heterocycles. The minimum absolute atomic E-state index is 0.640. The highest BCUT2D eigenvalue weighted by atomic mass is 16.5. The lowest BCUT2D eigenvalue weighted by atomic mass is 10.1. The predicted molar refractivity (Wildman–Crippen MR) is 57.4 cm³/mol. The zero-order chi connectivity index (χ0) is 11.8. The minimum Gasteiger partial charge on any atom is -0.490 e. The van der Waals surface area contributed by atoms with Crippen LogP contribution in [0, 0.1) is 5.92 Å². The maximum atomic E-state index is 11.0. The van der Waals surface area contributed by atoms with Crippen molar-refractivity contribution < 1.29 is 14.6 Å². The van der Waals surface area contributed by atoms with E-state index >= 15 is 0 Å². The van der Waals surface area contributed by atoms with Crippen molar-refractivity contribution in [1.82, 2.24) is 9.78 Å². The molecule has 1 aliphatic carbocycles. The van der Waals surface area contributed by atoms with Crippen LogP contribution in [0.1, 0.15) is 26.7 Å². The molecule has 5 nitrogen and oxygen atoms in total. The highest BCUT2D eigenvalue weighted by molar-refractivity contribution is 5.75. The number of aliphatic carboxylic acids is 1. The Morgan fingerprint density at radius 1 is 1.69 bits per heavy atom. The topological polar surface area (TPSA) is 64.3 Å². The Bertz CT molecular complexity index is 394. The Labute approximate surface area is 94.0 Å². The van der Waals surface area contributed by atoms with E-state index in [1.165, 1.54) is 17.5 Å². The zero-order valence-corrected chi connectivity index (χ0v) is 9.51. The molecular weight excluding hydrogens is 208 g/mol. The molecule has 0 aromatic carbocycles. The number of rotatable bonds is 5. The number of hydrogen-bond acceptors (Lipinski definition) is 3. The van der Waals surface area contributed by atoms with Gasteiger partial charge < -0.3 is 9.84 Å². The molecule has 0 spiro atoms. The first-order valence-electron chi connectivity index (χ1n) is 5.41. The second kappa shape index (κ2) is 3.81. The summed E-state index contributed by atoms with van der Waals surface area (Å²) in [5.74, 6) is 0.404. The second-order valence-electron chi connectivity index (χ2n) is 4.74. The van der Waals surface area contributed by atoms with Crippen LogP contribution in [0.5, 0.6) is 5.75 Å². The van der Waals surface area contributed by atoms with Crippen LogP contribution in [0.4, 0.5) is 0 Å². The summed E-state index contributed by atoms with van der Waals surface area (Å²) in [6.45, 7) is 3.92. The molecule has 1 fully saturated rings.